The van der Waals surface area contributed by atoms with Crippen molar-refractivity contribution in [1.82, 2.24) is 19.9 Å². The van der Waals surface area contributed by atoms with Crippen LogP contribution in [0.5, 0.6) is 0 Å². The molecule has 0 unspecified atom stereocenters. The summed E-state index contributed by atoms with van der Waals surface area (Å²) in [5, 5.41) is 6.12. The molecular formula is C17H22N4O2S. The van der Waals surface area contributed by atoms with E-state index in [1.165, 1.54) is 0 Å². The first kappa shape index (κ1) is 15.8. The van der Waals surface area contributed by atoms with E-state index in [-0.39, 0.29) is 17.9 Å². The fourth-order valence-corrected chi connectivity index (χ4v) is 4.46. The Morgan fingerprint density at radius 2 is 2.17 bits per heavy atom. The maximum Gasteiger partial charge on any atom is 0.227 e. The van der Waals surface area contributed by atoms with Gasteiger partial charge in [0.25, 0.3) is 0 Å². The van der Waals surface area contributed by atoms with Crippen LogP contribution in [0.1, 0.15) is 35.6 Å². The van der Waals surface area contributed by atoms with Crippen LogP contribution >= 0.6 is 11.3 Å². The largest absolute Gasteiger partial charge is 0.361 e. The Bertz CT molecular complexity index is 708. The minimum Gasteiger partial charge on any atom is -0.361 e. The van der Waals surface area contributed by atoms with Crippen molar-refractivity contribution in [2.75, 3.05) is 13.1 Å². The van der Waals surface area contributed by atoms with Crippen molar-refractivity contribution in [3.05, 3.63) is 33.6 Å². The molecule has 0 aromatic carbocycles. The van der Waals surface area contributed by atoms with Gasteiger partial charge in [-0.2, -0.15) is 0 Å². The SMILES string of the molecule is Cc1noc(C)c1CN1C(=O)[C@@H]2CC[C@H]1CN(Cc1cscn1)C2. The van der Waals surface area contributed by atoms with Crippen molar-refractivity contribution in [2.45, 2.75) is 45.8 Å². The Hall–Kier alpha value is -1.73. The van der Waals surface area contributed by atoms with E-state index in [1.54, 1.807) is 11.3 Å². The molecule has 0 spiro atoms. The normalized spacial score (nSPS) is 24.6. The lowest BCUT2D eigenvalue weighted by Crippen LogP contribution is -2.47. The second-order valence-corrected chi connectivity index (χ2v) is 7.59. The highest BCUT2D eigenvalue weighted by atomic mass is 32.1. The number of aryl methyl sites for hydroxylation is 2. The molecule has 128 valence electrons. The average molecular weight is 346 g/mol. The highest BCUT2D eigenvalue weighted by Crippen LogP contribution is 2.32. The quantitative estimate of drug-likeness (QED) is 0.850. The first-order valence-corrected chi connectivity index (χ1v) is 9.37. The Kier molecular flexibility index (Phi) is 4.14. The molecule has 3 fully saturated rings. The number of hydrogen-bond acceptors (Lipinski definition) is 6. The van der Waals surface area contributed by atoms with E-state index in [4.69, 9.17) is 4.52 Å². The highest BCUT2D eigenvalue weighted by Gasteiger charge is 2.41. The molecule has 0 aliphatic carbocycles. The standard InChI is InChI=1S/C17H22N4O2S/c1-11-16(12(2)23-19-11)8-21-15-4-3-13(17(21)22)5-20(7-15)6-14-9-24-10-18-14/h9-10,13,15H,3-8H2,1-2H3/t13-,15+/m1/s1. The molecule has 7 heteroatoms. The first-order chi connectivity index (χ1) is 11.6. The van der Waals surface area contributed by atoms with Crippen LogP contribution in [0.4, 0.5) is 0 Å². The van der Waals surface area contributed by atoms with E-state index < -0.39 is 0 Å². The minimum atomic E-state index is 0.0999. The first-order valence-electron chi connectivity index (χ1n) is 8.43. The Labute approximate surface area is 145 Å². The van der Waals surface area contributed by atoms with Crippen LogP contribution in [0, 0.1) is 19.8 Å². The average Bonchev–Trinajstić information content (AvgIpc) is 3.08. The fraction of sp³-hybridized carbons (Fsp3) is 0.588. The monoisotopic (exact) mass is 346 g/mol. The molecule has 2 aromatic rings. The molecule has 5 heterocycles. The van der Waals surface area contributed by atoms with Gasteiger partial charge in [0.05, 0.1) is 29.4 Å². The van der Waals surface area contributed by atoms with E-state index in [2.05, 4.69) is 25.3 Å². The third kappa shape index (κ3) is 2.86. The molecule has 0 radical (unpaired) electrons. The van der Waals surface area contributed by atoms with Crippen LogP contribution in [0.2, 0.25) is 0 Å². The summed E-state index contributed by atoms with van der Waals surface area (Å²) in [5.41, 5.74) is 4.92. The smallest absolute Gasteiger partial charge is 0.227 e. The number of piperidine rings is 1. The zero-order chi connectivity index (χ0) is 16.7. The number of carbonyl (C=O) groups is 1. The van der Waals surface area contributed by atoms with Gasteiger partial charge in [-0.05, 0) is 26.7 Å². The van der Waals surface area contributed by atoms with Gasteiger partial charge in [-0.1, -0.05) is 5.16 Å². The third-order valence-electron chi connectivity index (χ3n) is 5.25. The van der Waals surface area contributed by atoms with Crippen molar-refractivity contribution in [3.8, 4) is 0 Å². The molecule has 2 atom stereocenters. The number of nitrogens with zero attached hydrogens (tertiary/aromatic N) is 4. The summed E-state index contributed by atoms with van der Waals surface area (Å²) in [6.45, 7) is 7.08. The van der Waals surface area contributed by atoms with E-state index in [9.17, 15) is 4.79 Å². The number of hydrogen-bond donors (Lipinski definition) is 0. The molecule has 1 amide bonds. The van der Waals surface area contributed by atoms with Gasteiger partial charge in [0.1, 0.15) is 5.76 Å². The molecular weight excluding hydrogens is 324 g/mol. The number of carbonyl (C=O) groups excluding carboxylic acids is 1. The molecule has 6 nitrogen and oxygen atoms in total. The van der Waals surface area contributed by atoms with Crippen LogP contribution in [0.15, 0.2) is 15.4 Å². The van der Waals surface area contributed by atoms with Gasteiger partial charge < -0.3 is 9.42 Å². The predicted octanol–water partition coefficient (Wildman–Crippen LogP) is 2.37. The lowest BCUT2D eigenvalue weighted by molar-refractivity contribution is -0.140. The van der Waals surface area contributed by atoms with Crippen molar-refractivity contribution < 1.29 is 9.32 Å². The Balaban J connectivity index is 1.53. The Morgan fingerprint density at radius 3 is 2.88 bits per heavy atom. The molecule has 3 aliphatic heterocycles. The molecule has 3 aliphatic rings. The maximum atomic E-state index is 12.9. The zero-order valence-electron chi connectivity index (χ0n) is 14.1. The second kappa shape index (κ2) is 6.29. The van der Waals surface area contributed by atoms with Crippen LogP contribution < -0.4 is 0 Å². The zero-order valence-corrected chi connectivity index (χ0v) is 14.9. The number of amides is 1. The second-order valence-electron chi connectivity index (χ2n) is 6.87. The third-order valence-corrected chi connectivity index (χ3v) is 5.88. The van der Waals surface area contributed by atoms with Crippen molar-refractivity contribution in [3.63, 3.8) is 0 Å². The number of rotatable bonds is 4. The summed E-state index contributed by atoms with van der Waals surface area (Å²) in [7, 11) is 0. The number of thiazole rings is 1. The van der Waals surface area contributed by atoms with E-state index in [1.807, 2.05) is 19.4 Å². The summed E-state index contributed by atoms with van der Waals surface area (Å²) in [6, 6.07) is 0.267. The molecule has 2 bridgehead atoms. The minimum absolute atomic E-state index is 0.0999. The van der Waals surface area contributed by atoms with Gasteiger partial charge in [-0.15, -0.1) is 11.3 Å². The van der Waals surface area contributed by atoms with Crippen molar-refractivity contribution in [1.29, 1.82) is 0 Å². The van der Waals surface area contributed by atoms with Gasteiger partial charge in [0.2, 0.25) is 5.91 Å². The lowest BCUT2D eigenvalue weighted by atomic mass is 9.93. The van der Waals surface area contributed by atoms with E-state index in [0.29, 0.717) is 6.54 Å². The summed E-state index contributed by atoms with van der Waals surface area (Å²) in [5.74, 6) is 1.20. The van der Waals surface area contributed by atoms with Crippen LogP contribution in [0.25, 0.3) is 0 Å². The maximum absolute atomic E-state index is 12.9. The topological polar surface area (TPSA) is 62.5 Å². The fourth-order valence-electron chi connectivity index (χ4n) is 3.91. The molecule has 0 saturated carbocycles. The van der Waals surface area contributed by atoms with Crippen LogP contribution in [0.3, 0.4) is 0 Å². The Morgan fingerprint density at radius 1 is 1.29 bits per heavy atom. The van der Waals surface area contributed by atoms with Gasteiger partial charge in [0.15, 0.2) is 0 Å². The molecule has 5 rings (SSSR count). The lowest BCUT2D eigenvalue weighted by Gasteiger charge is -2.36. The van der Waals surface area contributed by atoms with Crippen molar-refractivity contribution >= 4 is 17.2 Å². The summed E-state index contributed by atoms with van der Waals surface area (Å²) >= 11 is 1.63. The van der Waals surface area contributed by atoms with Gasteiger partial charge in [0, 0.05) is 36.6 Å². The van der Waals surface area contributed by atoms with Crippen LogP contribution in [-0.2, 0) is 17.9 Å². The number of aromatic nitrogens is 2. The molecule has 0 N–H and O–H groups in total. The summed E-state index contributed by atoms with van der Waals surface area (Å²) in [4.78, 5) is 21.8. The summed E-state index contributed by atoms with van der Waals surface area (Å²) < 4.78 is 5.27. The van der Waals surface area contributed by atoms with Crippen LogP contribution in [-0.4, -0.2) is 45.0 Å². The van der Waals surface area contributed by atoms with Gasteiger partial charge in [-0.3, -0.25) is 9.69 Å². The number of fused-ring (bicyclic) bond motifs is 4. The molecule has 24 heavy (non-hydrogen) atoms. The highest BCUT2D eigenvalue weighted by molar-refractivity contribution is 7.07. The summed E-state index contributed by atoms with van der Waals surface area (Å²) in [6.07, 6.45) is 2.07. The van der Waals surface area contributed by atoms with Gasteiger partial charge in [-0.25, -0.2) is 4.98 Å². The van der Waals surface area contributed by atoms with E-state index in [0.717, 1.165) is 55.2 Å². The van der Waals surface area contributed by atoms with E-state index >= 15 is 0 Å². The molecule has 2 aromatic heterocycles. The molecule has 3 saturated heterocycles. The predicted molar refractivity (Wildman–Crippen MR) is 90.4 cm³/mol. The van der Waals surface area contributed by atoms with Gasteiger partial charge >= 0.3 is 0 Å². The van der Waals surface area contributed by atoms with Crippen molar-refractivity contribution in [2.24, 2.45) is 5.92 Å².